The number of hydrogen-bond donors (Lipinski definition) is 2. The molecule has 0 aliphatic heterocycles. The number of anilines is 1. The molecule has 3 atom stereocenters. The van der Waals surface area contributed by atoms with E-state index < -0.39 is 17.8 Å². The molecule has 0 aromatic heterocycles. The van der Waals surface area contributed by atoms with Crippen molar-refractivity contribution in [2.45, 2.75) is 33.1 Å². The topological polar surface area (TPSA) is 66.4 Å². The third-order valence-corrected chi connectivity index (χ3v) is 4.68. The molecular formula is C16H20ClNO3. The summed E-state index contributed by atoms with van der Waals surface area (Å²) in [6.07, 6.45) is 2.10. The SMILES string of the molecule is CCC1CC(C(=O)O)C(C(=O)Nc2c(C)cccc2Cl)C1. The zero-order chi connectivity index (χ0) is 15.6. The van der Waals surface area contributed by atoms with E-state index in [-0.39, 0.29) is 5.91 Å². The summed E-state index contributed by atoms with van der Waals surface area (Å²) in [5.74, 6) is -1.91. The highest BCUT2D eigenvalue weighted by molar-refractivity contribution is 6.34. The molecule has 1 fully saturated rings. The summed E-state index contributed by atoms with van der Waals surface area (Å²) in [5, 5.41) is 12.6. The van der Waals surface area contributed by atoms with Gasteiger partial charge in [0.25, 0.3) is 0 Å². The minimum atomic E-state index is -0.887. The number of rotatable bonds is 4. The summed E-state index contributed by atoms with van der Waals surface area (Å²) in [7, 11) is 0. The van der Waals surface area contributed by atoms with Gasteiger partial charge in [0.1, 0.15) is 0 Å². The van der Waals surface area contributed by atoms with Crippen molar-refractivity contribution in [2.75, 3.05) is 5.32 Å². The molecule has 1 aliphatic rings. The van der Waals surface area contributed by atoms with E-state index in [1.165, 1.54) is 0 Å². The summed E-state index contributed by atoms with van der Waals surface area (Å²) in [6.45, 7) is 3.89. The third-order valence-electron chi connectivity index (χ3n) is 4.36. The maximum Gasteiger partial charge on any atom is 0.307 e. The molecule has 0 spiro atoms. The molecule has 1 amide bonds. The lowest BCUT2D eigenvalue weighted by Crippen LogP contribution is -2.30. The van der Waals surface area contributed by atoms with Gasteiger partial charge >= 0.3 is 5.97 Å². The molecule has 3 unspecified atom stereocenters. The van der Waals surface area contributed by atoms with E-state index in [0.29, 0.717) is 29.5 Å². The zero-order valence-corrected chi connectivity index (χ0v) is 13.0. The molecule has 2 N–H and O–H groups in total. The van der Waals surface area contributed by atoms with Crippen molar-refractivity contribution < 1.29 is 14.7 Å². The predicted molar refractivity (Wildman–Crippen MR) is 82.4 cm³/mol. The highest BCUT2D eigenvalue weighted by Crippen LogP contribution is 2.39. The van der Waals surface area contributed by atoms with E-state index in [0.717, 1.165) is 12.0 Å². The molecule has 21 heavy (non-hydrogen) atoms. The number of halogens is 1. The highest BCUT2D eigenvalue weighted by Gasteiger charge is 2.42. The van der Waals surface area contributed by atoms with Gasteiger partial charge in [-0.15, -0.1) is 0 Å². The molecule has 1 aliphatic carbocycles. The van der Waals surface area contributed by atoms with Crippen LogP contribution >= 0.6 is 11.6 Å². The Labute approximate surface area is 129 Å². The van der Waals surface area contributed by atoms with E-state index in [1.807, 2.05) is 26.0 Å². The van der Waals surface area contributed by atoms with Crippen LogP contribution in [0, 0.1) is 24.7 Å². The maximum absolute atomic E-state index is 12.5. The van der Waals surface area contributed by atoms with Crippen molar-refractivity contribution >= 4 is 29.2 Å². The van der Waals surface area contributed by atoms with Crippen LogP contribution in [0.25, 0.3) is 0 Å². The second-order valence-corrected chi connectivity index (χ2v) is 6.13. The van der Waals surface area contributed by atoms with Crippen LogP contribution in [0.3, 0.4) is 0 Å². The smallest absolute Gasteiger partial charge is 0.307 e. The van der Waals surface area contributed by atoms with Gasteiger partial charge < -0.3 is 10.4 Å². The fourth-order valence-corrected chi connectivity index (χ4v) is 3.31. The van der Waals surface area contributed by atoms with E-state index in [4.69, 9.17) is 11.6 Å². The zero-order valence-electron chi connectivity index (χ0n) is 12.2. The van der Waals surface area contributed by atoms with Gasteiger partial charge in [0.2, 0.25) is 5.91 Å². The molecule has 5 heteroatoms. The van der Waals surface area contributed by atoms with E-state index in [9.17, 15) is 14.7 Å². The number of carboxylic acids is 1. The molecule has 1 aromatic rings. The van der Waals surface area contributed by atoms with Crippen LogP contribution < -0.4 is 5.32 Å². The number of aryl methyl sites for hydroxylation is 1. The Kier molecular flexibility index (Phi) is 4.88. The van der Waals surface area contributed by atoms with Crippen molar-refractivity contribution in [1.29, 1.82) is 0 Å². The monoisotopic (exact) mass is 309 g/mol. The molecule has 114 valence electrons. The van der Waals surface area contributed by atoms with Gasteiger partial charge in [-0.25, -0.2) is 0 Å². The average Bonchev–Trinajstić information content (AvgIpc) is 2.87. The van der Waals surface area contributed by atoms with Crippen LogP contribution in [0.1, 0.15) is 31.7 Å². The number of carboxylic acid groups (broad SMARTS) is 1. The number of aliphatic carboxylic acids is 1. The van der Waals surface area contributed by atoms with Crippen molar-refractivity contribution in [3.63, 3.8) is 0 Å². The van der Waals surface area contributed by atoms with Gasteiger partial charge in [-0.3, -0.25) is 9.59 Å². The van der Waals surface area contributed by atoms with Gasteiger partial charge in [-0.1, -0.05) is 37.1 Å². The Hall–Kier alpha value is -1.55. The minimum absolute atomic E-state index is 0.241. The fourth-order valence-electron chi connectivity index (χ4n) is 3.05. The number of hydrogen-bond acceptors (Lipinski definition) is 2. The quantitative estimate of drug-likeness (QED) is 0.890. The first kappa shape index (κ1) is 15.8. The molecular weight excluding hydrogens is 290 g/mol. The summed E-state index contributed by atoms with van der Waals surface area (Å²) >= 11 is 6.10. The van der Waals surface area contributed by atoms with Gasteiger partial charge in [-0.05, 0) is 37.3 Å². The summed E-state index contributed by atoms with van der Waals surface area (Å²) < 4.78 is 0. The Morgan fingerprint density at radius 1 is 1.33 bits per heavy atom. The lowest BCUT2D eigenvalue weighted by molar-refractivity contribution is -0.145. The van der Waals surface area contributed by atoms with Crippen LogP contribution in [0.4, 0.5) is 5.69 Å². The molecule has 0 saturated heterocycles. The van der Waals surface area contributed by atoms with Gasteiger partial charge in [0.15, 0.2) is 0 Å². The third kappa shape index (κ3) is 3.38. The lowest BCUT2D eigenvalue weighted by Gasteiger charge is -2.17. The van der Waals surface area contributed by atoms with Gasteiger partial charge in [0.05, 0.1) is 22.5 Å². The average molecular weight is 310 g/mol. The second kappa shape index (κ2) is 6.48. The Morgan fingerprint density at radius 2 is 2.00 bits per heavy atom. The Morgan fingerprint density at radius 3 is 2.57 bits per heavy atom. The fraction of sp³-hybridized carbons (Fsp3) is 0.500. The normalized spacial score (nSPS) is 24.8. The molecule has 4 nitrogen and oxygen atoms in total. The molecule has 2 rings (SSSR count). The summed E-state index contributed by atoms with van der Waals surface area (Å²) in [5.41, 5.74) is 1.45. The summed E-state index contributed by atoms with van der Waals surface area (Å²) in [6, 6.07) is 5.39. The van der Waals surface area contributed by atoms with E-state index in [1.54, 1.807) is 6.07 Å². The van der Waals surface area contributed by atoms with Gasteiger partial charge in [-0.2, -0.15) is 0 Å². The van der Waals surface area contributed by atoms with Crippen LogP contribution in [0.2, 0.25) is 5.02 Å². The van der Waals surface area contributed by atoms with Crippen LogP contribution in [-0.2, 0) is 9.59 Å². The molecule has 0 radical (unpaired) electrons. The highest BCUT2D eigenvalue weighted by atomic mass is 35.5. The van der Waals surface area contributed by atoms with E-state index in [2.05, 4.69) is 5.32 Å². The van der Waals surface area contributed by atoms with Crippen molar-refractivity contribution in [2.24, 2.45) is 17.8 Å². The number of carbonyl (C=O) groups excluding carboxylic acids is 1. The number of para-hydroxylation sites is 1. The van der Waals surface area contributed by atoms with E-state index >= 15 is 0 Å². The Bertz CT molecular complexity index is 538. The Balaban J connectivity index is 2.17. The summed E-state index contributed by atoms with van der Waals surface area (Å²) in [4.78, 5) is 23.8. The molecule has 0 heterocycles. The first-order chi connectivity index (χ1) is 9.93. The van der Waals surface area contributed by atoms with Crippen LogP contribution in [-0.4, -0.2) is 17.0 Å². The standard InChI is InChI=1S/C16H20ClNO3/c1-3-10-7-11(12(8-10)16(20)21)15(19)18-14-9(2)5-4-6-13(14)17/h4-6,10-12H,3,7-8H2,1-2H3,(H,18,19)(H,20,21). The largest absolute Gasteiger partial charge is 0.481 e. The van der Waals surface area contributed by atoms with Crippen LogP contribution in [0.15, 0.2) is 18.2 Å². The first-order valence-corrected chi connectivity index (χ1v) is 7.60. The van der Waals surface area contributed by atoms with Crippen LogP contribution in [0.5, 0.6) is 0 Å². The second-order valence-electron chi connectivity index (χ2n) is 5.72. The van der Waals surface area contributed by atoms with Crippen molar-refractivity contribution in [3.05, 3.63) is 28.8 Å². The molecule has 0 bridgehead atoms. The predicted octanol–water partition coefficient (Wildman–Crippen LogP) is 3.72. The number of nitrogens with one attached hydrogen (secondary N) is 1. The number of benzene rings is 1. The minimum Gasteiger partial charge on any atom is -0.481 e. The van der Waals surface area contributed by atoms with Crippen molar-refractivity contribution in [1.82, 2.24) is 0 Å². The maximum atomic E-state index is 12.5. The molecule has 1 saturated carbocycles. The van der Waals surface area contributed by atoms with Gasteiger partial charge in [0, 0.05) is 0 Å². The number of carbonyl (C=O) groups is 2. The van der Waals surface area contributed by atoms with Crippen molar-refractivity contribution in [3.8, 4) is 0 Å². The first-order valence-electron chi connectivity index (χ1n) is 7.22. The number of amides is 1. The molecule has 1 aromatic carbocycles. The lowest BCUT2D eigenvalue weighted by atomic mass is 9.95.